The number of piperazine rings is 1. The molecule has 0 unspecified atom stereocenters. The van der Waals surface area contributed by atoms with Crippen LogP contribution in [0.4, 0.5) is 24.9 Å². The number of carbonyl (C=O) groups excluding carboxylic acids is 1. The first-order valence-electron chi connectivity index (χ1n) is 17.5. The van der Waals surface area contributed by atoms with Gasteiger partial charge in [0.1, 0.15) is 22.4 Å². The average Bonchev–Trinajstić information content (AvgIpc) is 3.66. The molecular formula is C36H47F3N10OS. The first-order chi connectivity index (χ1) is 24.3. The molecule has 0 saturated carbocycles. The van der Waals surface area contributed by atoms with Crippen molar-refractivity contribution in [3.05, 3.63) is 46.0 Å². The molecule has 3 aromatic heterocycles. The Morgan fingerprint density at radius 2 is 1.80 bits per heavy atom. The predicted molar refractivity (Wildman–Crippen MR) is 196 cm³/mol. The van der Waals surface area contributed by atoms with Crippen LogP contribution in [0, 0.1) is 18.3 Å². The van der Waals surface area contributed by atoms with Crippen molar-refractivity contribution in [1.29, 1.82) is 5.26 Å². The Labute approximate surface area is 301 Å². The molecule has 2 aliphatic heterocycles. The molecule has 2 N–H and O–H groups in total. The maximum Gasteiger partial charge on any atom is 0.393 e. The van der Waals surface area contributed by atoms with E-state index in [1.54, 1.807) is 32.1 Å². The molecule has 1 atom stereocenters. The minimum absolute atomic E-state index is 0.123. The van der Waals surface area contributed by atoms with E-state index in [9.17, 15) is 23.2 Å². The van der Waals surface area contributed by atoms with Gasteiger partial charge in [-0.05, 0) is 56.0 Å². The van der Waals surface area contributed by atoms with Gasteiger partial charge in [-0.15, -0.1) is 11.3 Å². The zero-order valence-corrected chi connectivity index (χ0v) is 30.8. The number of likely N-dealkylation sites (tertiary alicyclic amines) is 1. The third kappa shape index (κ3) is 8.57. The summed E-state index contributed by atoms with van der Waals surface area (Å²) in [6, 6.07) is 10.7. The van der Waals surface area contributed by atoms with E-state index in [1.165, 1.54) is 11.1 Å². The molecule has 11 nitrogen and oxygen atoms in total. The van der Waals surface area contributed by atoms with Gasteiger partial charge in [0.15, 0.2) is 0 Å². The number of aryl methyl sites for hydroxylation is 1. The molecule has 15 heteroatoms. The van der Waals surface area contributed by atoms with Crippen LogP contribution in [0.1, 0.15) is 41.5 Å². The third-order valence-corrected chi connectivity index (χ3v) is 11.3. The quantitative estimate of drug-likeness (QED) is 0.218. The van der Waals surface area contributed by atoms with Crippen LogP contribution in [-0.2, 0) is 24.3 Å². The van der Waals surface area contributed by atoms with Crippen molar-refractivity contribution in [1.82, 2.24) is 34.1 Å². The van der Waals surface area contributed by atoms with E-state index in [0.717, 1.165) is 80.9 Å². The van der Waals surface area contributed by atoms with Gasteiger partial charge in [0, 0.05) is 101 Å². The van der Waals surface area contributed by atoms with Gasteiger partial charge in [-0.2, -0.15) is 23.4 Å². The summed E-state index contributed by atoms with van der Waals surface area (Å²) >= 11 is 1.06. The summed E-state index contributed by atoms with van der Waals surface area (Å²) < 4.78 is 41.4. The summed E-state index contributed by atoms with van der Waals surface area (Å²) in [5.74, 6) is 1.07. The number of anilines is 2. The first kappa shape index (κ1) is 36.8. The molecule has 1 amide bonds. The standard InChI is InChI=1S/C36H47F3N10OS/c1-23(48-14-12-47(13-15-48)22-32(50)45(4)5)20-49-27(19-40)16-29-24(2)25(6-7-31(29)49)21-46-10-8-26(9-11-46)42-33-30-17-28(18-36(37,38)39)51-34(30)44-35(41-3)43-33/h6-7,16-17,23,26H,8-15,18,20-22H2,1-5H3,(H2,41,42,43,44)/t23-/m0/s1. The number of thiophene rings is 1. The van der Waals surface area contributed by atoms with Gasteiger partial charge in [-0.3, -0.25) is 19.5 Å². The van der Waals surface area contributed by atoms with Crippen LogP contribution in [0.2, 0.25) is 0 Å². The summed E-state index contributed by atoms with van der Waals surface area (Å²) in [6.45, 7) is 11.5. The molecule has 5 heterocycles. The number of hydrogen-bond donors (Lipinski definition) is 2. The van der Waals surface area contributed by atoms with Crippen molar-refractivity contribution in [2.24, 2.45) is 0 Å². The van der Waals surface area contributed by atoms with Crippen LogP contribution in [-0.4, -0.2) is 125 Å². The predicted octanol–water partition coefficient (Wildman–Crippen LogP) is 5.14. The maximum atomic E-state index is 13.1. The van der Waals surface area contributed by atoms with Gasteiger partial charge in [-0.1, -0.05) is 6.07 Å². The number of likely N-dealkylation sites (N-methyl/N-ethyl adjacent to an activating group) is 1. The van der Waals surface area contributed by atoms with Crippen molar-refractivity contribution in [3.63, 3.8) is 0 Å². The van der Waals surface area contributed by atoms with E-state index in [4.69, 9.17) is 0 Å². The van der Waals surface area contributed by atoms with Gasteiger partial charge in [0.25, 0.3) is 0 Å². The molecule has 2 aliphatic rings. The zero-order valence-electron chi connectivity index (χ0n) is 30.0. The van der Waals surface area contributed by atoms with Gasteiger partial charge in [0.05, 0.1) is 18.4 Å². The highest BCUT2D eigenvalue weighted by molar-refractivity contribution is 7.18. The van der Waals surface area contributed by atoms with Gasteiger partial charge < -0.3 is 20.1 Å². The fourth-order valence-corrected chi connectivity index (χ4v) is 8.26. The summed E-state index contributed by atoms with van der Waals surface area (Å²) in [4.78, 5) is 30.6. The number of nitrogens with zero attached hydrogens (tertiary/aromatic N) is 8. The second kappa shape index (κ2) is 15.3. The fourth-order valence-electron chi connectivity index (χ4n) is 7.20. The van der Waals surface area contributed by atoms with E-state index in [0.29, 0.717) is 40.8 Å². The lowest BCUT2D eigenvalue weighted by Gasteiger charge is -2.38. The maximum absolute atomic E-state index is 13.1. The number of alkyl halides is 3. The van der Waals surface area contributed by atoms with Crippen molar-refractivity contribution in [2.45, 2.75) is 64.5 Å². The second-order valence-corrected chi connectivity index (χ2v) is 15.2. The molecule has 4 aromatic rings. The van der Waals surface area contributed by atoms with Crippen LogP contribution in [0.25, 0.3) is 21.1 Å². The average molecular weight is 725 g/mol. The summed E-state index contributed by atoms with van der Waals surface area (Å²) in [5, 5.41) is 18.3. The number of nitrogens with one attached hydrogen (secondary N) is 2. The largest absolute Gasteiger partial charge is 0.393 e. The summed E-state index contributed by atoms with van der Waals surface area (Å²) in [7, 11) is 5.28. The molecule has 0 aliphatic carbocycles. The molecule has 0 radical (unpaired) electrons. The lowest BCUT2D eigenvalue weighted by Crippen LogP contribution is -2.52. The Morgan fingerprint density at radius 1 is 1.08 bits per heavy atom. The number of amides is 1. The Hall–Kier alpha value is -3.97. The Bertz CT molecular complexity index is 1900. The molecule has 0 bridgehead atoms. The normalized spacial score (nSPS) is 17.5. The zero-order chi connectivity index (χ0) is 36.4. The second-order valence-electron chi connectivity index (χ2n) is 14.0. The molecule has 0 spiro atoms. The van der Waals surface area contributed by atoms with Crippen LogP contribution in [0.3, 0.4) is 0 Å². The molecular weight excluding hydrogens is 678 g/mol. The molecule has 274 valence electrons. The number of carbonyl (C=O) groups is 1. The first-order valence-corrected chi connectivity index (χ1v) is 18.4. The SMILES string of the molecule is CNc1nc(NC2CCN(Cc3ccc4c(cc(C#N)n4C[C@H](C)N4CCN(CC(=O)N(C)C)CC4)c3C)CC2)c2cc(CC(F)(F)F)sc2n1. The van der Waals surface area contributed by atoms with Crippen molar-refractivity contribution >= 4 is 50.1 Å². The van der Waals surface area contributed by atoms with Crippen molar-refractivity contribution in [2.75, 3.05) is 77.6 Å². The van der Waals surface area contributed by atoms with Crippen LogP contribution in [0.15, 0.2) is 24.3 Å². The minimum Gasteiger partial charge on any atom is -0.367 e. The summed E-state index contributed by atoms with van der Waals surface area (Å²) in [6.07, 6.45) is -3.52. The third-order valence-electron chi connectivity index (χ3n) is 10.3. The van der Waals surface area contributed by atoms with E-state index < -0.39 is 12.6 Å². The number of benzene rings is 1. The molecule has 6 rings (SSSR count). The Kier molecular flexibility index (Phi) is 11.1. The number of aromatic nitrogens is 3. The number of fused-ring (bicyclic) bond motifs is 2. The minimum atomic E-state index is -4.28. The smallest absolute Gasteiger partial charge is 0.367 e. The van der Waals surface area contributed by atoms with Gasteiger partial charge >= 0.3 is 6.18 Å². The highest BCUT2D eigenvalue weighted by Gasteiger charge is 2.30. The number of hydrogen-bond acceptors (Lipinski definition) is 10. The van der Waals surface area contributed by atoms with E-state index in [1.807, 2.05) is 6.07 Å². The van der Waals surface area contributed by atoms with Gasteiger partial charge in [0.2, 0.25) is 11.9 Å². The Morgan fingerprint density at radius 3 is 2.45 bits per heavy atom. The van der Waals surface area contributed by atoms with Crippen LogP contribution < -0.4 is 10.6 Å². The molecule has 2 fully saturated rings. The van der Waals surface area contributed by atoms with Gasteiger partial charge in [-0.25, -0.2) is 4.98 Å². The highest BCUT2D eigenvalue weighted by Crippen LogP contribution is 2.35. The van der Waals surface area contributed by atoms with E-state index in [2.05, 4.69) is 71.9 Å². The van der Waals surface area contributed by atoms with Crippen LogP contribution >= 0.6 is 11.3 Å². The van der Waals surface area contributed by atoms with Crippen LogP contribution in [0.5, 0.6) is 0 Å². The monoisotopic (exact) mass is 724 g/mol. The molecule has 2 saturated heterocycles. The topological polar surface area (TPSA) is 109 Å². The van der Waals surface area contributed by atoms with E-state index >= 15 is 0 Å². The lowest BCUT2D eigenvalue weighted by atomic mass is 10.0. The van der Waals surface area contributed by atoms with Crippen molar-refractivity contribution < 1.29 is 18.0 Å². The Balaban J connectivity index is 1.08. The molecule has 1 aromatic carbocycles. The number of piperidine rings is 1. The fraction of sp³-hybridized carbons (Fsp3) is 0.556. The van der Waals surface area contributed by atoms with Crippen molar-refractivity contribution in [3.8, 4) is 6.07 Å². The van der Waals surface area contributed by atoms with E-state index in [-0.39, 0.29) is 22.9 Å². The lowest BCUT2D eigenvalue weighted by molar-refractivity contribution is -0.130. The molecule has 51 heavy (non-hydrogen) atoms. The number of halogens is 3. The number of rotatable bonds is 11. The highest BCUT2D eigenvalue weighted by atomic mass is 32.1. The summed E-state index contributed by atoms with van der Waals surface area (Å²) in [5.41, 5.74) is 4.15. The number of nitriles is 1.